The third-order valence-electron chi connectivity index (χ3n) is 4.07. The van der Waals surface area contributed by atoms with Crippen molar-refractivity contribution in [2.45, 2.75) is 19.8 Å². The van der Waals surface area contributed by atoms with E-state index in [1.807, 2.05) is 19.1 Å². The fourth-order valence-electron chi connectivity index (χ4n) is 2.69. The minimum absolute atomic E-state index is 0.0386. The largest absolute Gasteiger partial charge is 0.485 e. The molecule has 5 heteroatoms. The Balaban J connectivity index is 1.62. The van der Waals surface area contributed by atoms with E-state index in [9.17, 15) is 9.59 Å². The monoisotopic (exact) mass is 343 g/mol. The van der Waals surface area contributed by atoms with E-state index in [0.29, 0.717) is 22.8 Å². The average Bonchev–Trinajstić information content (AvgIpc) is 3.02. The zero-order valence-electron chi connectivity index (χ0n) is 13.4. The first kappa shape index (κ1) is 16.5. The lowest BCUT2D eigenvalue weighted by Crippen LogP contribution is -2.23. The van der Waals surface area contributed by atoms with Crippen LogP contribution in [0.1, 0.15) is 28.8 Å². The molecule has 0 radical (unpaired) electrons. The quantitative estimate of drug-likeness (QED) is 0.770. The molecular formula is C19H18ClNO3. The summed E-state index contributed by atoms with van der Waals surface area (Å²) in [5.74, 6) is 0.641. The lowest BCUT2D eigenvalue weighted by atomic mass is 10.1. The van der Waals surface area contributed by atoms with E-state index < -0.39 is 0 Å². The maximum Gasteiger partial charge on any atom is 0.227 e. The van der Waals surface area contributed by atoms with E-state index in [4.69, 9.17) is 16.3 Å². The smallest absolute Gasteiger partial charge is 0.227 e. The van der Waals surface area contributed by atoms with Crippen LogP contribution >= 0.6 is 11.6 Å². The van der Waals surface area contributed by atoms with Crippen LogP contribution in [0.5, 0.6) is 5.75 Å². The molecule has 4 nitrogen and oxygen atoms in total. The van der Waals surface area contributed by atoms with Crippen LogP contribution in [0.4, 0.5) is 5.69 Å². The van der Waals surface area contributed by atoms with Gasteiger partial charge in [0.05, 0.1) is 0 Å². The highest BCUT2D eigenvalue weighted by atomic mass is 35.5. The van der Waals surface area contributed by atoms with Gasteiger partial charge in [0.25, 0.3) is 0 Å². The number of benzene rings is 2. The summed E-state index contributed by atoms with van der Waals surface area (Å²) in [5.41, 5.74) is 2.31. The number of aryl methyl sites for hydroxylation is 1. The molecule has 0 aromatic heterocycles. The van der Waals surface area contributed by atoms with Gasteiger partial charge in [-0.05, 0) is 61.4 Å². The number of rotatable bonds is 5. The number of hydrogen-bond acceptors (Lipinski definition) is 3. The van der Waals surface area contributed by atoms with Crippen LogP contribution in [0, 0.1) is 6.92 Å². The second-order valence-corrected chi connectivity index (χ2v) is 6.23. The molecule has 2 aromatic carbocycles. The molecule has 0 aliphatic carbocycles. The molecule has 1 aliphatic rings. The Morgan fingerprint density at radius 3 is 2.58 bits per heavy atom. The Kier molecular flexibility index (Phi) is 4.86. The summed E-state index contributed by atoms with van der Waals surface area (Å²) in [6, 6.07) is 12.4. The van der Waals surface area contributed by atoms with Crippen LogP contribution in [-0.2, 0) is 4.79 Å². The van der Waals surface area contributed by atoms with Crippen LogP contribution in [0.2, 0.25) is 5.02 Å². The van der Waals surface area contributed by atoms with Crippen molar-refractivity contribution in [1.82, 2.24) is 0 Å². The molecule has 24 heavy (non-hydrogen) atoms. The van der Waals surface area contributed by atoms with Gasteiger partial charge >= 0.3 is 0 Å². The molecular weight excluding hydrogens is 326 g/mol. The number of halogens is 1. The fourth-order valence-corrected chi connectivity index (χ4v) is 2.81. The van der Waals surface area contributed by atoms with Gasteiger partial charge in [0, 0.05) is 29.2 Å². The number of hydrogen-bond donors (Lipinski definition) is 0. The number of nitrogens with zero attached hydrogens (tertiary/aromatic N) is 1. The van der Waals surface area contributed by atoms with Gasteiger partial charge in [-0.15, -0.1) is 0 Å². The van der Waals surface area contributed by atoms with E-state index in [1.54, 1.807) is 35.2 Å². The normalized spacial score (nSPS) is 14.1. The molecule has 0 N–H and O–H groups in total. The molecule has 0 unspecified atom stereocenters. The first-order valence-corrected chi connectivity index (χ1v) is 8.25. The van der Waals surface area contributed by atoms with E-state index >= 15 is 0 Å². The van der Waals surface area contributed by atoms with Crippen molar-refractivity contribution in [3.63, 3.8) is 0 Å². The molecule has 0 atom stereocenters. The maximum absolute atomic E-state index is 12.2. The SMILES string of the molecule is Cc1cc(OCC(=O)c2ccc(N3CCCC3=O)cc2)ccc1Cl. The predicted octanol–water partition coefficient (Wildman–Crippen LogP) is 4.04. The van der Waals surface area contributed by atoms with Gasteiger partial charge in [0.2, 0.25) is 5.91 Å². The van der Waals surface area contributed by atoms with E-state index in [2.05, 4.69) is 0 Å². The van der Waals surface area contributed by atoms with Crippen molar-refractivity contribution in [3.05, 3.63) is 58.6 Å². The second kappa shape index (κ2) is 7.05. The van der Waals surface area contributed by atoms with Gasteiger partial charge in [-0.2, -0.15) is 0 Å². The second-order valence-electron chi connectivity index (χ2n) is 5.82. The highest BCUT2D eigenvalue weighted by Gasteiger charge is 2.21. The van der Waals surface area contributed by atoms with Crippen LogP contribution in [0.15, 0.2) is 42.5 Å². The van der Waals surface area contributed by atoms with Gasteiger partial charge in [-0.1, -0.05) is 11.6 Å². The summed E-state index contributed by atoms with van der Waals surface area (Å²) < 4.78 is 5.53. The lowest BCUT2D eigenvalue weighted by molar-refractivity contribution is -0.117. The summed E-state index contributed by atoms with van der Waals surface area (Å²) in [6.07, 6.45) is 1.48. The zero-order chi connectivity index (χ0) is 17.1. The molecule has 1 saturated heterocycles. The number of ketones is 1. The molecule has 1 heterocycles. The summed E-state index contributed by atoms with van der Waals surface area (Å²) in [4.78, 5) is 25.7. The van der Waals surface area contributed by atoms with Gasteiger partial charge in [0.1, 0.15) is 5.75 Å². The summed E-state index contributed by atoms with van der Waals surface area (Å²) >= 11 is 5.97. The molecule has 1 amide bonds. The number of Topliss-reactive ketones (excluding diaryl/α,β-unsaturated/α-hetero) is 1. The topological polar surface area (TPSA) is 46.6 Å². The molecule has 1 aliphatic heterocycles. The Morgan fingerprint density at radius 1 is 1.21 bits per heavy atom. The number of carbonyl (C=O) groups is 2. The highest BCUT2D eigenvalue weighted by Crippen LogP contribution is 2.23. The minimum atomic E-state index is -0.109. The van der Waals surface area contributed by atoms with Crippen LogP contribution < -0.4 is 9.64 Å². The number of amides is 1. The third-order valence-corrected chi connectivity index (χ3v) is 4.50. The van der Waals surface area contributed by atoms with Crippen molar-refractivity contribution in [2.24, 2.45) is 0 Å². The van der Waals surface area contributed by atoms with Crippen molar-refractivity contribution < 1.29 is 14.3 Å². The molecule has 124 valence electrons. The van der Waals surface area contributed by atoms with Crippen LogP contribution in [-0.4, -0.2) is 24.8 Å². The van der Waals surface area contributed by atoms with Crippen molar-refractivity contribution >= 4 is 29.0 Å². The van der Waals surface area contributed by atoms with Crippen molar-refractivity contribution in [1.29, 1.82) is 0 Å². The molecule has 3 rings (SSSR count). The molecule has 2 aromatic rings. The molecule has 0 bridgehead atoms. The Hall–Kier alpha value is -2.33. The van der Waals surface area contributed by atoms with E-state index in [0.717, 1.165) is 24.2 Å². The third kappa shape index (κ3) is 3.60. The molecule has 0 saturated carbocycles. The highest BCUT2D eigenvalue weighted by molar-refractivity contribution is 6.31. The standard InChI is InChI=1S/C19H18ClNO3/c1-13-11-16(8-9-17(13)20)24-12-18(22)14-4-6-15(7-5-14)21-10-2-3-19(21)23/h4-9,11H,2-3,10,12H2,1H3. The minimum Gasteiger partial charge on any atom is -0.485 e. The molecule has 1 fully saturated rings. The van der Waals surface area contributed by atoms with Gasteiger partial charge in [-0.25, -0.2) is 0 Å². The zero-order valence-corrected chi connectivity index (χ0v) is 14.2. The number of anilines is 1. The fraction of sp³-hybridized carbons (Fsp3) is 0.263. The van der Waals surface area contributed by atoms with Crippen LogP contribution in [0.3, 0.4) is 0 Å². The lowest BCUT2D eigenvalue weighted by Gasteiger charge is -2.15. The summed E-state index contributed by atoms with van der Waals surface area (Å²) in [7, 11) is 0. The number of ether oxygens (including phenoxy) is 1. The Bertz CT molecular complexity index is 771. The first-order chi connectivity index (χ1) is 11.5. The van der Waals surface area contributed by atoms with Gasteiger partial charge in [0.15, 0.2) is 12.4 Å². The Morgan fingerprint density at radius 2 is 1.96 bits per heavy atom. The van der Waals surface area contributed by atoms with Crippen LogP contribution in [0.25, 0.3) is 0 Å². The number of carbonyl (C=O) groups excluding carboxylic acids is 2. The summed E-state index contributed by atoms with van der Waals surface area (Å²) in [6.45, 7) is 2.59. The van der Waals surface area contributed by atoms with E-state index in [1.165, 1.54) is 0 Å². The van der Waals surface area contributed by atoms with Gasteiger partial charge < -0.3 is 9.64 Å². The maximum atomic E-state index is 12.2. The van der Waals surface area contributed by atoms with E-state index in [-0.39, 0.29) is 18.3 Å². The molecule has 0 spiro atoms. The van der Waals surface area contributed by atoms with Gasteiger partial charge in [-0.3, -0.25) is 9.59 Å². The average molecular weight is 344 g/mol. The summed E-state index contributed by atoms with van der Waals surface area (Å²) in [5, 5.41) is 0.667. The predicted molar refractivity (Wildman–Crippen MR) is 94.0 cm³/mol. The van der Waals surface area contributed by atoms with Crippen molar-refractivity contribution in [3.8, 4) is 5.75 Å². The first-order valence-electron chi connectivity index (χ1n) is 7.87. The van der Waals surface area contributed by atoms with Crippen molar-refractivity contribution in [2.75, 3.05) is 18.1 Å². The Labute approximate surface area is 146 Å².